The fourth-order valence-electron chi connectivity index (χ4n) is 1.60. The van der Waals surface area contributed by atoms with E-state index in [9.17, 15) is 4.79 Å². The summed E-state index contributed by atoms with van der Waals surface area (Å²) in [6, 6.07) is 0.0526. The van der Waals surface area contributed by atoms with Gasteiger partial charge in [-0.05, 0) is 26.3 Å². The molecule has 1 unspecified atom stereocenters. The van der Waals surface area contributed by atoms with Crippen molar-refractivity contribution in [2.24, 2.45) is 0 Å². The van der Waals surface area contributed by atoms with E-state index in [0.717, 1.165) is 39.0 Å². The van der Waals surface area contributed by atoms with Gasteiger partial charge in [-0.3, -0.25) is 0 Å². The van der Waals surface area contributed by atoms with E-state index in [2.05, 4.69) is 10.6 Å². The Morgan fingerprint density at radius 1 is 1.67 bits per heavy atom. The molecule has 0 bridgehead atoms. The van der Waals surface area contributed by atoms with Crippen molar-refractivity contribution in [1.29, 1.82) is 0 Å². The molecular weight excluding hydrogens is 194 g/mol. The summed E-state index contributed by atoms with van der Waals surface area (Å²) in [6.45, 7) is 5.67. The highest BCUT2D eigenvalue weighted by atomic mass is 16.3. The van der Waals surface area contributed by atoms with Crippen LogP contribution in [0.3, 0.4) is 0 Å². The van der Waals surface area contributed by atoms with Crippen LogP contribution >= 0.6 is 0 Å². The van der Waals surface area contributed by atoms with Gasteiger partial charge in [0.25, 0.3) is 0 Å². The summed E-state index contributed by atoms with van der Waals surface area (Å²) in [5.41, 5.74) is 0. The Morgan fingerprint density at radius 2 is 2.47 bits per heavy atom. The minimum Gasteiger partial charge on any atom is -0.392 e. The van der Waals surface area contributed by atoms with E-state index in [0.29, 0.717) is 6.54 Å². The number of hydrogen-bond acceptors (Lipinski definition) is 3. The number of amides is 2. The van der Waals surface area contributed by atoms with Crippen LogP contribution in [0.25, 0.3) is 0 Å². The lowest BCUT2D eigenvalue weighted by molar-refractivity contribution is 0.181. The zero-order valence-electron chi connectivity index (χ0n) is 9.33. The van der Waals surface area contributed by atoms with Gasteiger partial charge in [-0.1, -0.05) is 0 Å². The third-order valence-electron chi connectivity index (χ3n) is 2.39. The Hall–Kier alpha value is -0.810. The Kier molecular flexibility index (Phi) is 5.42. The summed E-state index contributed by atoms with van der Waals surface area (Å²) in [7, 11) is 0. The zero-order valence-corrected chi connectivity index (χ0v) is 9.33. The highest BCUT2D eigenvalue weighted by Gasteiger charge is 2.15. The maximum atomic E-state index is 11.3. The normalized spacial score (nSPS) is 18.8. The van der Waals surface area contributed by atoms with Crippen molar-refractivity contribution < 1.29 is 9.90 Å². The van der Waals surface area contributed by atoms with Gasteiger partial charge in [0.15, 0.2) is 0 Å². The smallest absolute Gasteiger partial charge is 0.317 e. The van der Waals surface area contributed by atoms with Crippen LogP contribution in [-0.2, 0) is 0 Å². The van der Waals surface area contributed by atoms with Crippen molar-refractivity contribution in [2.75, 3.05) is 32.7 Å². The number of rotatable bonds is 6. The van der Waals surface area contributed by atoms with Crippen LogP contribution in [0.15, 0.2) is 0 Å². The second-order valence-electron chi connectivity index (χ2n) is 3.98. The minimum atomic E-state index is -0.303. The second-order valence-corrected chi connectivity index (χ2v) is 3.98. The second kappa shape index (κ2) is 6.63. The Balaban J connectivity index is 2.01. The molecule has 0 aliphatic carbocycles. The monoisotopic (exact) mass is 215 g/mol. The molecule has 1 atom stereocenters. The van der Waals surface area contributed by atoms with Crippen LogP contribution in [0.5, 0.6) is 0 Å². The number of aliphatic hydroxyl groups excluding tert-OH is 1. The largest absolute Gasteiger partial charge is 0.392 e. The number of nitrogens with zero attached hydrogens (tertiary/aromatic N) is 1. The molecule has 0 aromatic rings. The molecule has 0 aromatic heterocycles. The topological polar surface area (TPSA) is 64.6 Å². The third kappa shape index (κ3) is 4.99. The zero-order chi connectivity index (χ0) is 11.1. The lowest BCUT2D eigenvalue weighted by Crippen LogP contribution is -2.47. The fraction of sp³-hybridized carbons (Fsp3) is 0.900. The molecule has 1 aliphatic rings. The molecule has 1 saturated heterocycles. The fourth-order valence-corrected chi connectivity index (χ4v) is 1.60. The van der Waals surface area contributed by atoms with Crippen molar-refractivity contribution in [3.05, 3.63) is 0 Å². The molecule has 15 heavy (non-hydrogen) atoms. The third-order valence-corrected chi connectivity index (χ3v) is 2.39. The first-order valence-corrected chi connectivity index (χ1v) is 5.61. The highest BCUT2D eigenvalue weighted by molar-refractivity contribution is 5.74. The van der Waals surface area contributed by atoms with Crippen LogP contribution in [0.1, 0.15) is 19.8 Å². The van der Waals surface area contributed by atoms with E-state index in [1.807, 2.05) is 4.90 Å². The molecule has 0 aromatic carbocycles. The van der Waals surface area contributed by atoms with Crippen molar-refractivity contribution in [3.8, 4) is 0 Å². The number of carbonyl (C=O) groups excluding carboxylic acids is 1. The molecular formula is C10H21N3O2. The predicted octanol–water partition coefficient (Wildman–Crippen LogP) is -0.238. The standard InChI is InChI=1S/C10H21N3O2/c1-9(14)8-11-4-2-6-13-7-3-5-12-10(13)15/h9,11,14H,2-8H2,1H3,(H,12,15). The van der Waals surface area contributed by atoms with Gasteiger partial charge in [0.2, 0.25) is 0 Å². The van der Waals surface area contributed by atoms with Crippen LogP contribution in [0, 0.1) is 0 Å². The van der Waals surface area contributed by atoms with Crippen LogP contribution in [0.2, 0.25) is 0 Å². The van der Waals surface area contributed by atoms with Crippen molar-refractivity contribution >= 4 is 6.03 Å². The number of nitrogens with one attached hydrogen (secondary N) is 2. The number of urea groups is 1. The van der Waals surface area contributed by atoms with Gasteiger partial charge in [-0.15, -0.1) is 0 Å². The highest BCUT2D eigenvalue weighted by Crippen LogP contribution is 1.99. The summed E-state index contributed by atoms with van der Waals surface area (Å²) in [4.78, 5) is 13.2. The molecule has 3 N–H and O–H groups in total. The molecule has 2 amide bonds. The van der Waals surface area contributed by atoms with Crippen molar-refractivity contribution in [2.45, 2.75) is 25.9 Å². The molecule has 1 heterocycles. The number of hydrogen-bond donors (Lipinski definition) is 3. The van der Waals surface area contributed by atoms with Gasteiger partial charge >= 0.3 is 6.03 Å². The first-order valence-electron chi connectivity index (χ1n) is 5.61. The van der Waals surface area contributed by atoms with E-state index in [4.69, 9.17) is 5.11 Å². The van der Waals surface area contributed by atoms with E-state index < -0.39 is 0 Å². The minimum absolute atomic E-state index is 0.0526. The molecule has 0 saturated carbocycles. The van der Waals surface area contributed by atoms with Gasteiger partial charge in [-0.25, -0.2) is 4.79 Å². The molecule has 5 heteroatoms. The SMILES string of the molecule is CC(O)CNCCCN1CCCNC1=O. The van der Waals surface area contributed by atoms with E-state index in [1.165, 1.54) is 0 Å². The quantitative estimate of drug-likeness (QED) is 0.536. The van der Waals surface area contributed by atoms with Crippen LogP contribution in [0.4, 0.5) is 4.79 Å². The van der Waals surface area contributed by atoms with Crippen molar-refractivity contribution in [3.63, 3.8) is 0 Å². The summed E-state index contributed by atoms with van der Waals surface area (Å²) < 4.78 is 0. The van der Waals surface area contributed by atoms with Gasteiger partial charge in [0.05, 0.1) is 6.10 Å². The van der Waals surface area contributed by atoms with Gasteiger partial charge in [-0.2, -0.15) is 0 Å². The van der Waals surface area contributed by atoms with Crippen LogP contribution in [-0.4, -0.2) is 54.9 Å². The number of carbonyl (C=O) groups is 1. The summed E-state index contributed by atoms with van der Waals surface area (Å²) in [5.74, 6) is 0. The van der Waals surface area contributed by atoms with Gasteiger partial charge in [0, 0.05) is 26.2 Å². The van der Waals surface area contributed by atoms with E-state index in [1.54, 1.807) is 6.92 Å². The lowest BCUT2D eigenvalue weighted by Gasteiger charge is -2.27. The maximum absolute atomic E-state index is 11.3. The lowest BCUT2D eigenvalue weighted by atomic mass is 10.3. The Bertz CT molecular complexity index is 197. The number of aliphatic hydroxyl groups is 1. The Labute approximate surface area is 90.8 Å². The molecule has 0 spiro atoms. The Morgan fingerprint density at radius 3 is 3.13 bits per heavy atom. The average molecular weight is 215 g/mol. The molecule has 1 aliphatic heterocycles. The first-order chi connectivity index (χ1) is 7.20. The predicted molar refractivity (Wildman–Crippen MR) is 58.8 cm³/mol. The molecule has 1 fully saturated rings. The summed E-state index contributed by atoms with van der Waals surface area (Å²) in [5, 5.41) is 15.0. The molecule has 88 valence electrons. The van der Waals surface area contributed by atoms with E-state index >= 15 is 0 Å². The van der Waals surface area contributed by atoms with Crippen molar-refractivity contribution in [1.82, 2.24) is 15.5 Å². The first kappa shape index (κ1) is 12.3. The van der Waals surface area contributed by atoms with E-state index in [-0.39, 0.29) is 12.1 Å². The maximum Gasteiger partial charge on any atom is 0.317 e. The molecule has 1 rings (SSSR count). The van der Waals surface area contributed by atoms with Gasteiger partial charge < -0.3 is 20.6 Å². The summed E-state index contributed by atoms with van der Waals surface area (Å²) in [6.07, 6.45) is 1.66. The average Bonchev–Trinajstić information content (AvgIpc) is 2.20. The van der Waals surface area contributed by atoms with Gasteiger partial charge in [0.1, 0.15) is 0 Å². The van der Waals surface area contributed by atoms with Crippen LogP contribution < -0.4 is 10.6 Å². The molecule has 5 nitrogen and oxygen atoms in total. The molecule has 0 radical (unpaired) electrons. The summed E-state index contributed by atoms with van der Waals surface area (Å²) >= 11 is 0.